The Morgan fingerprint density at radius 3 is 2.07 bits per heavy atom. The van der Waals surface area contributed by atoms with Gasteiger partial charge < -0.3 is 28.0 Å². The molecule has 0 bridgehead atoms. The van der Waals surface area contributed by atoms with E-state index < -0.39 is 76.2 Å². The summed E-state index contributed by atoms with van der Waals surface area (Å²) in [5, 5.41) is 5.28. The van der Waals surface area contributed by atoms with E-state index in [4.69, 9.17) is 28.0 Å². The van der Waals surface area contributed by atoms with Crippen LogP contribution in [0.2, 0.25) is 0 Å². The molecule has 0 radical (unpaired) electrons. The highest BCUT2D eigenvalue weighted by Crippen LogP contribution is 2.51. The van der Waals surface area contributed by atoms with E-state index in [-0.39, 0.29) is 17.9 Å². The molecule has 3 heterocycles. The fraction of sp³-hybridized carbons (Fsp3) is 0.714. The molecule has 1 aliphatic rings. The standard InChI is InChI=1S/C28H46FN5O10P2/c1-16(2)42-26(35)18(5)32-45(9,37)40-13-21-28(7,14-41-46(10,38)33-19(6)27(36)43-17(3)4)23(29)25(44-21)34-15-31-22-20(39-8)11-12-30-24(22)34/h11-12,15-19,21,23,25H,13-14H2,1-10H3,(H,32,37)(H,33,38)/t18-,19-,21+,23-,25?,28?,45?,46?/m0/s1. The van der Waals surface area contributed by atoms with Crippen LogP contribution in [0, 0.1) is 5.41 Å². The second kappa shape index (κ2) is 15.2. The second-order valence-electron chi connectivity index (χ2n) is 12.2. The van der Waals surface area contributed by atoms with Crippen molar-refractivity contribution in [3.05, 3.63) is 18.6 Å². The third kappa shape index (κ3) is 9.33. The van der Waals surface area contributed by atoms with E-state index in [2.05, 4.69) is 20.1 Å². The van der Waals surface area contributed by atoms with Crippen molar-refractivity contribution in [1.29, 1.82) is 0 Å². The lowest BCUT2D eigenvalue weighted by atomic mass is 9.82. The minimum absolute atomic E-state index is 0.289. The van der Waals surface area contributed by atoms with Crippen LogP contribution in [0.1, 0.15) is 54.7 Å². The van der Waals surface area contributed by atoms with E-state index in [1.54, 1.807) is 33.8 Å². The number of methoxy groups -OCH3 is 1. The molecule has 3 rings (SSSR count). The highest BCUT2D eigenvalue weighted by atomic mass is 31.2. The van der Waals surface area contributed by atoms with E-state index in [0.717, 1.165) is 0 Å². The normalized spacial score (nSPS) is 25.6. The molecule has 18 heteroatoms. The molecule has 1 aliphatic heterocycles. The zero-order valence-electron chi connectivity index (χ0n) is 27.9. The van der Waals surface area contributed by atoms with Crippen LogP contribution in [-0.2, 0) is 42.0 Å². The Morgan fingerprint density at radius 1 is 1.00 bits per heavy atom. The van der Waals surface area contributed by atoms with Crippen molar-refractivity contribution >= 4 is 38.1 Å². The molecule has 0 saturated carbocycles. The highest BCUT2D eigenvalue weighted by Gasteiger charge is 2.56. The Bertz CT molecular complexity index is 1480. The summed E-state index contributed by atoms with van der Waals surface area (Å²) in [6.45, 7) is 12.9. The number of imidazole rings is 1. The highest BCUT2D eigenvalue weighted by molar-refractivity contribution is 7.56. The number of carbonyl (C=O) groups is 2. The van der Waals surface area contributed by atoms with Crippen LogP contribution in [-0.4, -0.2) is 96.7 Å². The van der Waals surface area contributed by atoms with Crippen LogP contribution in [0.25, 0.3) is 11.2 Å². The maximum absolute atomic E-state index is 16.6. The quantitative estimate of drug-likeness (QED) is 0.189. The lowest BCUT2D eigenvalue weighted by Crippen LogP contribution is -2.43. The summed E-state index contributed by atoms with van der Waals surface area (Å²) in [6.07, 6.45) is -2.10. The molecule has 1 fully saturated rings. The Hall–Kier alpha value is -2.45. The van der Waals surface area contributed by atoms with Crippen LogP contribution in [0.3, 0.4) is 0 Å². The lowest BCUT2D eigenvalue weighted by molar-refractivity contribution is -0.149. The predicted octanol–water partition coefficient (Wildman–Crippen LogP) is 4.22. The fourth-order valence-electron chi connectivity index (χ4n) is 4.79. The van der Waals surface area contributed by atoms with Crippen molar-refractivity contribution in [2.75, 3.05) is 33.7 Å². The van der Waals surface area contributed by atoms with Crippen LogP contribution < -0.4 is 14.9 Å². The molecule has 0 amide bonds. The molecule has 2 aromatic rings. The zero-order chi connectivity index (χ0) is 34.6. The number of aromatic nitrogens is 3. The van der Waals surface area contributed by atoms with Gasteiger partial charge in [0.1, 0.15) is 23.3 Å². The van der Waals surface area contributed by atoms with E-state index in [1.807, 2.05) is 0 Å². The molecule has 4 unspecified atom stereocenters. The van der Waals surface area contributed by atoms with Crippen molar-refractivity contribution in [2.45, 2.75) is 91.3 Å². The largest absolute Gasteiger partial charge is 0.494 e. The van der Waals surface area contributed by atoms with Crippen LogP contribution >= 0.6 is 15.0 Å². The van der Waals surface area contributed by atoms with Gasteiger partial charge in [0.15, 0.2) is 18.0 Å². The third-order valence-corrected chi connectivity index (χ3v) is 10.2. The van der Waals surface area contributed by atoms with E-state index in [9.17, 15) is 18.7 Å². The van der Waals surface area contributed by atoms with Crippen molar-refractivity contribution in [3.63, 3.8) is 0 Å². The molecule has 15 nitrogen and oxygen atoms in total. The summed E-state index contributed by atoms with van der Waals surface area (Å²) in [7, 11) is -5.88. The number of fused-ring (bicyclic) bond motifs is 1. The molecule has 8 atom stereocenters. The summed E-state index contributed by atoms with van der Waals surface area (Å²) in [5.74, 6) is -0.819. The van der Waals surface area contributed by atoms with Crippen LogP contribution in [0.4, 0.5) is 4.39 Å². The van der Waals surface area contributed by atoms with Crippen molar-refractivity contribution < 1.29 is 51.1 Å². The van der Waals surface area contributed by atoms with E-state index >= 15 is 4.39 Å². The summed E-state index contributed by atoms with van der Waals surface area (Å²) >= 11 is 0. The number of esters is 2. The van der Waals surface area contributed by atoms with Crippen molar-refractivity contribution in [1.82, 2.24) is 24.7 Å². The number of rotatable bonds is 16. The van der Waals surface area contributed by atoms with Gasteiger partial charge in [-0.05, 0) is 41.5 Å². The van der Waals surface area contributed by atoms with E-state index in [1.165, 1.54) is 58.3 Å². The number of pyridine rings is 1. The van der Waals surface area contributed by atoms with Crippen molar-refractivity contribution in [3.8, 4) is 5.75 Å². The summed E-state index contributed by atoms with van der Waals surface area (Å²) in [6, 6.07) is -0.318. The first kappa shape index (κ1) is 38.0. The van der Waals surface area contributed by atoms with Crippen molar-refractivity contribution in [2.24, 2.45) is 5.41 Å². The number of nitrogens with zero attached hydrogens (tertiary/aromatic N) is 3. The van der Waals surface area contributed by atoms with Gasteiger partial charge in [0.05, 0.1) is 50.4 Å². The molecular formula is C28H46FN5O10P2. The fourth-order valence-corrected chi connectivity index (χ4v) is 7.50. The van der Waals surface area contributed by atoms with Gasteiger partial charge in [-0.2, -0.15) is 0 Å². The number of carbonyl (C=O) groups excluding carboxylic acids is 2. The number of nitrogens with one attached hydrogen (secondary N) is 2. The number of halogens is 1. The van der Waals surface area contributed by atoms with Crippen LogP contribution in [0.15, 0.2) is 18.6 Å². The molecule has 1 saturated heterocycles. The monoisotopic (exact) mass is 693 g/mol. The van der Waals surface area contributed by atoms with E-state index in [0.29, 0.717) is 11.3 Å². The van der Waals surface area contributed by atoms with Crippen LogP contribution in [0.5, 0.6) is 5.75 Å². The molecule has 2 N–H and O–H groups in total. The van der Waals surface area contributed by atoms with Gasteiger partial charge in [-0.15, -0.1) is 0 Å². The molecule has 46 heavy (non-hydrogen) atoms. The maximum Gasteiger partial charge on any atom is 0.323 e. The Morgan fingerprint density at radius 2 is 1.54 bits per heavy atom. The third-order valence-electron chi connectivity index (χ3n) is 7.20. The molecule has 0 aliphatic carbocycles. The van der Waals surface area contributed by atoms with Gasteiger partial charge in [0.2, 0.25) is 0 Å². The second-order valence-corrected chi connectivity index (χ2v) is 16.6. The maximum atomic E-state index is 16.6. The smallest absolute Gasteiger partial charge is 0.323 e. The number of alkyl halides is 1. The molecule has 0 spiro atoms. The Labute approximate surface area is 268 Å². The average molecular weight is 694 g/mol. The topological polar surface area (TPSA) is 178 Å². The first-order valence-corrected chi connectivity index (χ1v) is 19.0. The molecule has 260 valence electrons. The lowest BCUT2D eigenvalue weighted by Gasteiger charge is -2.33. The van der Waals surface area contributed by atoms with Gasteiger partial charge >= 0.3 is 11.9 Å². The molecule has 2 aromatic heterocycles. The van der Waals surface area contributed by atoms with Gasteiger partial charge in [0, 0.05) is 25.6 Å². The first-order valence-electron chi connectivity index (χ1n) is 14.9. The number of hydrogen-bond donors (Lipinski definition) is 2. The summed E-state index contributed by atoms with van der Waals surface area (Å²) < 4.78 is 78.1. The van der Waals surface area contributed by atoms with Gasteiger partial charge in [0.25, 0.3) is 15.0 Å². The average Bonchev–Trinajstić information content (AvgIpc) is 3.48. The van der Waals surface area contributed by atoms with Gasteiger partial charge in [-0.3, -0.25) is 23.3 Å². The summed E-state index contributed by atoms with van der Waals surface area (Å²) in [5.41, 5.74) is -0.859. The molecular weight excluding hydrogens is 647 g/mol. The van der Waals surface area contributed by atoms with Gasteiger partial charge in [-0.25, -0.2) is 24.5 Å². The SMILES string of the molecule is COc1ccnc2c1ncn2C1O[C@H](COP(C)(=O)N[C@@H](C)C(=O)OC(C)C)C(C)(COP(C)(=O)N[C@@H](C)C(=O)OC(C)C)[C@H]1F. The summed E-state index contributed by atoms with van der Waals surface area (Å²) in [4.78, 5) is 33.2. The Balaban J connectivity index is 1.86. The number of hydrogen-bond acceptors (Lipinski definition) is 12. The van der Waals surface area contributed by atoms with Gasteiger partial charge in [-0.1, -0.05) is 6.92 Å². The predicted molar refractivity (Wildman–Crippen MR) is 168 cm³/mol. The minimum Gasteiger partial charge on any atom is -0.494 e. The number of ether oxygens (including phenoxy) is 4. The zero-order valence-corrected chi connectivity index (χ0v) is 29.7. The molecule has 0 aromatic carbocycles. The minimum atomic E-state index is -3.70. The Kier molecular flexibility index (Phi) is 12.5. The first-order chi connectivity index (χ1) is 21.3.